The van der Waals surface area contributed by atoms with Crippen molar-refractivity contribution in [2.75, 3.05) is 12.4 Å². The molecule has 1 aromatic rings. The largest absolute Gasteiger partial charge is 0.467 e. The van der Waals surface area contributed by atoms with Crippen LogP contribution < -0.4 is 5.32 Å². The van der Waals surface area contributed by atoms with E-state index in [1.165, 1.54) is 19.2 Å². The average molecular weight is 248 g/mol. The molecule has 0 bridgehead atoms. The first-order valence-electron chi connectivity index (χ1n) is 5.70. The topological polar surface area (TPSA) is 62.1 Å². The summed E-state index contributed by atoms with van der Waals surface area (Å²) in [4.78, 5) is 11.6. The monoisotopic (exact) mass is 248 g/mol. The van der Waals surface area contributed by atoms with Gasteiger partial charge >= 0.3 is 5.97 Å². The van der Waals surface area contributed by atoms with Crippen LogP contribution in [0, 0.1) is 23.1 Å². The van der Waals surface area contributed by atoms with E-state index >= 15 is 0 Å². The Hall–Kier alpha value is -2.09. The molecule has 0 saturated heterocycles. The molecule has 5 heteroatoms. The molecule has 1 saturated carbocycles. The number of nitrogens with one attached hydrogen (secondary N) is 1. The molecule has 1 fully saturated rings. The van der Waals surface area contributed by atoms with Gasteiger partial charge in [-0.1, -0.05) is 6.07 Å². The highest BCUT2D eigenvalue weighted by Crippen LogP contribution is 2.35. The van der Waals surface area contributed by atoms with Crippen molar-refractivity contribution in [1.29, 1.82) is 5.26 Å². The number of hydrogen-bond donors (Lipinski definition) is 1. The number of nitrogens with zero attached hydrogens (tertiary/aromatic N) is 1. The van der Waals surface area contributed by atoms with Gasteiger partial charge in [-0.2, -0.15) is 5.26 Å². The van der Waals surface area contributed by atoms with Gasteiger partial charge in [0.1, 0.15) is 23.5 Å². The zero-order chi connectivity index (χ0) is 13.1. The number of esters is 1. The maximum absolute atomic E-state index is 13.4. The van der Waals surface area contributed by atoms with Gasteiger partial charge in [0.2, 0.25) is 0 Å². The molecule has 1 atom stereocenters. The maximum Gasteiger partial charge on any atom is 0.328 e. The minimum absolute atomic E-state index is 0.0768. The van der Waals surface area contributed by atoms with Gasteiger partial charge in [0.05, 0.1) is 12.8 Å². The molecule has 18 heavy (non-hydrogen) atoms. The number of ether oxygens (including phenoxy) is 1. The van der Waals surface area contributed by atoms with Gasteiger partial charge in [-0.25, -0.2) is 9.18 Å². The second-order valence-electron chi connectivity index (χ2n) is 4.26. The summed E-state index contributed by atoms with van der Waals surface area (Å²) in [5.74, 6) is -0.778. The van der Waals surface area contributed by atoms with E-state index in [9.17, 15) is 9.18 Å². The molecule has 1 aromatic carbocycles. The van der Waals surface area contributed by atoms with Crippen molar-refractivity contribution < 1.29 is 13.9 Å². The highest BCUT2D eigenvalue weighted by molar-refractivity contribution is 5.80. The first kappa shape index (κ1) is 12.4. The fourth-order valence-electron chi connectivity index (χ4n) is 1.85. The summed E-state index contributed by atoms with van der Waals surface area (Å²) in [5.41, 5.74) is 0.256. The molecule has 0 radical (unpaired) electrons. The van der Waals surface area contributed by atoms with Crippen LogP contribution in [0.5, 0.6) is 0 Å². The summed E-state index contributed by atoms with van der Waals surface area (Å²) in [7, 11) is 1.32. The minimum Gasteiger partial charge on any atom is -0.467 e. The van der Waals surface area contributed by atoms with Crippen LogP contribution in [0.25, 0.3) is 0 Å². The quantitative estimate of drug-likeness (QED) is 0.828. The Bertz CT molecular complexity index is 506. The van der Waals surface area contributed by atoms with E-state index in [0.29, 0.717) is 5.69 Å². The second kappa shape index (κ2) is 5.05. The zero-order valence-corrected chi connectivity index (χ0v) is 9.94. The van der Waals surface area contributed by atoms with E-state index in [0.717, 1.165) is 12.8 Å². The Labute approximate surface area is 104 Å². The summed E-state index contributed by atoms with van der Waals surface area (Å²) in [6.07, 6.45) is 1.87. The van der Waals surface area contributed by atoms with Crippen molar-refractivity contribution in [3.8, 4) is 6.07 Å². The van der Waals surface area contributed by atoms with Gasteiger partial charge in [-0.3, -0.25) is 0 Å². The highest BCUT2D eigenvalue weighted by atomic mass is 19.1. The van der Waals surface area contributed by atoms with Gasteiger partial charge in [0, 0.05) is 0 Å². The molecule has 0 amide bonds. The molecule has 0 spiro atoms. The summed E-state index contributed by atoms with van der Waals surface area (Å²) < 4.78 is 18.1. The van der Waals surface area contributed by atoms with Crippen molar-refractivity contribution in [2.24, 2.45) is 5.92 Å². The van der Waals surface area contributed by atoms with Crippen LogP contribution in [-0.4, -0.2) is 19.1 Å². The molecular formula is C13H13FN2O2. The molecule has 1 N–H and O–H groups in total. The maximum atomic E-state index is 13.4. The molecule has 1 unspecified atom stereocenters. The SMILES string of the molecule is COC(=O)C(Nc1cccc(F)c1C#N)C1CC1. The van der Waals surface area contributed by atoms with Crippen molar-refractivity contribution in [1.82, 2.24) is 0 Å². The number of carbonyl (C=O) groups excluding carboxylic acids is 1. The average Bonchev–Trinajstić information content (AvgIpc) is 3.19. The van der Waals surface area contributed by atoms with Crippen LogP contribution >= 0.6 is 0 Å². The fourth-order valence-corrected chi connectivity index (χ4v) is 1.85. The lowest BCUT2D eigenvalue weighted by molar-refractivity contribution is -0.142. The number of anilines is 1. The number of rotatable bonds is 4. The predicted octanol–water partition coefficient (Wildman–Crippen LogP) is 2.06. The predicted molar refractivity (Wildman–Crippen MR) is 63.3 cm³/mol. The second-order valence-corrected chi connectivity index (χ2v) is 4.26. The number of benzene rings is 1. The summed E-state index contributed by atoms with van der Waals surface area (Å²) in [5, 5.41) is 11.8. The standard InChI is InChI=1S/C13H13FN2O2/c1-18-13(17)12(8-5-6-8)16-11-4-2-3-10(14)9(11)7-15/h2-4,8,12,16H,5-6H2,1H3. The van der Waals surface area contributed by atoms with Crippen molar-refractivity contribution in [2.45, 2.75) is 18.9 Å². The van der Waals surface area contributed by atoms with Gasteiger partial charge in [0.15, 0.2) is 0 Å². The normalized spacial score (nSPS) is 15.6. The first-order valence-corrected chi connectivity index (χ1v) is 5.70. The third-order valence-electron chi connectivity index (χ3n) is 2.98. The third-order valence-corrected chi connectivity index (χ3v) is 2.98. The highest BCUT2D eigenvalue weighted by Gasteiger charge is 2.37. The van der Waals surface area contributed by atoms with Crippen LogP contribution in [0.3, 0.4) is 0 Å². The van der Waals surface area contributed by atoms with Crippen LogP contribution in [0.4, 0.5) is 10.1 Å². The van der Waals surface area contributed by atoms with Crippen LogP contribution in [0.1, 0.15) is 18.4 Å². The molecule has 1 aliphatic rings. The number of halogens is 1. The van der Waals surface area contributed by atoms with E-state index in [1.54, 1.807) is 12.1 Å². The molecule has 0 heterocycles. The summed E-state index contributed by atoms with van der Waals surface area (Å²) >= 11 is 0. The Kier molecular flexibility index (Phi) is 3.47. The van der Waals surface area contributed by atoms with Crippen LogP contribution in [0.2, 0.25) is 0 Å². The minimum atomic E-state index is -0.595. The molecule has 0 aliphatic heterocycles. The van der Waals surface area contributed by atoms with E-state index in [-0.39, 0.29) is 17.5 Å². The molecule has 4 nitrogen and oxygen atoms in total. The van der Waals surface area contributed by atoms with Gasteiger partial charge in [-0.15, -0.1) is 0 Å². The molecule has 94 valence electrons. The zero-order valence-electron chi connectivity index (χ0n) is 9.94. The van der Waals surface area contributed by atoms with Crippen molar-refractivity contribution in [3.05, 3.63) is 29.6 Å². The number of hydrogen-bond acceptors (Lipinski definition) is 4. The Morgan fingerprint density at radius 3 is 2.89 bits per heavy atom. The van der Waals surface area contributed by atoms with Crippen LogP contribution in [0.15, 0.2) is 18.2 Å². The van der Waals surface area contributed by atoms with Gasteiger partial charge in [0.25, 0.3) is 0 Å². The number of nitriles is 1. The van der Waals surface area contributed by atoms with E-state index < -0.39 is 11.9 Å². The van der Waals surface area contributed by atoms with E-state index in [4.69, 9.17) is 10.00 Å². The molecule has 1 aliphatic carbocycles. The number of carbonyl (C=O) groups is 1. The fraction of sp³-hybridized carbons (Fsp3) is 0.385. The van der Waals surface area contributed by atoms with Gasteiger partial charge < -0.3 is 10.1 Å². The van der Waals surface area contributed by atoms with E-state index in [2.05, 4.69) is 5.32 Å². The lowest BCUT2D eigenvalue weighted by Gasteiger charge is -2.17. The molecule has 0 aromatic heterocycles. The lowest BCUT2D eigenvalue weighted by Crippen LogP contribution is -2.33. The first-order chi connectivity index (χ1) is 8.67. The smallest absolute Gasteiger partial charge is 0.328 e. The Morgan fingerprint density at radius 2 is 2.33 bits per heavy atom. The van der Waals surface area contributed by atoms with Gasteiger partial charge in [-0.05, 0) is 30.9 Å². The van der Waals surface area contributed by atoms with Crippen molar-refractivity contribution >= 4 is 11.7 Å². The Morgan fingerprint density at radius 1 is 1.61 bits per heavy atom. The summed E-state index contributed by atoms with van der Waals surface area (Å²) in [6.45, 7) is 0. The molecular weight excluding hydrogens is 235 g/mol. The Balaban J connectivity index is 2.24. The summed E-state index contributed by atoms with van der Waals surface area (Å²) in [6, 6.07) is 5.58. The van der Waals surface area contributed by atoms with E-state index in [1.807, 2.05) is 0 Å². The van der Waals surface area contributed by atoms with Crippen molar-refractivity contribution in [3.63, 3.8) is 0 Å². The number of methoxy groups -OCH3 is 1. The lowest BCUT2D eigenvalue weighted by atomic mass is 10.1. The molecule has 2 rings (SSSR count). The van der Waals surface area contributed by atoms with Crippen LogP contribution in [-0.2, 0) is 9.53 Å². The third kappa shape index (κ3) is 2.43.